The first-order valence-corrected chi connectivity index (χ1v) is 8.51. The lowest BCUT2D eigenvalue weighted by Gasteiger charge is -2.35. The molecule has 0 radical (unpaired) electrons. The molecule has 1 aliphatic rings. The lowest BCUT2D eigenvalue weighted by molar-refractivity contribution is -0.135. The molecule has 0 unspecified atom stereocenters. The monoisotopic (exact) mass is 380 g/mol. The van der Waals surface area contributed by atoms with Crippen molar-refractivity contribution in [2.75, 3.05) is 32.8 Å². The van der Waals surface area contributed by atoms with Gasteiger partial charge in [0, 0.05) is 32.2 Å². The van der Waals surface area contributed by atoms with Crippen molar-refractivity contribution in [3.8, 4) is 11.5 Å². The van der Waals surface area contributed by atoms with Gasteiger partial charge in [-0.1, -0.05) is 0 Å². The molecule has 1 aliphatic heterocycles. The van der Waals surface area contributed by atoms with Gasteiger partial charge in [-0.25, -0.2) is 9.59 Å². The molecule has 1 saturated heterocycles. The number of phenols is 1. The number of carboxylic acids is 1. The summed E-state index contributed by atoms with van der Waals surface area (Å²) in [5.41, 5.74) is -0.813. The third-order valence-electron chi connectivity index (χ3n) is 3.85. The maximum Gasteiger partial charge on any atom is 0.410 e. The minimum atomic E-state index is -1.25. The Kier molecular flexibility index (Phi) is 6.14. The quantitative estimate of drug-likeness (QED) is 0.814. The van der Waals surface area contributed by atoms with Gasteiger partial charge in [-0.3, -0.25) is 4.79 Å². The Morgan fingerprint density at radius 2 is 1.67 bits per heavy atom. The van der Waals surface area contributed by atoms with E-state index in [1.165, 1.54) is 12.1 Å². The van der Waals surface area contributed by atoms with Crippen molar-refractivity contribution in [3.05, 3.63) is 23.8 Å². The van der Waals surface area contributed by atoms with Crippen LogP contribution in [-0.2, 0) is 9.53 Å². The number of nitrogens with zero attached hydrogens (tertiary/aromatic N) is 2. The molecule has 0 aromatic heterocycles. The Morgan fingerprint density at radius 1 is 1.07 bits per heavy atom. The minimum Gasteiger partial charge on any atom is -0.507 e. The van der Waals surface area contributed by atoms with E-state index in [4.69, 9.17) is 14.6 Å². The molecule has 2 rings (SSSR count). The zero-order valence-electron chi connectivity index (χ0n) is 15.6. The van der Waals surface area contributed by atoms with Gasteiger partial charge >= 0.3 is 12.1 Å². The van der Waals surface area contributed by atoms with Crippen molar-refractivity contribution in [3.63, 3.8) is 0 Å². The number of ether oxygens (including phenoxy) is 2. The number of rotatable bonds is 4. The van der Waals surface area contributed by atoms with Crippen molar-refractivity contribution in [2.24, 2.45) is 0 Å². The zero-order chi connectivity index (χ0) is 20.2. The Hall–Kier alpha value is -2.97. The van der Waals surface area contributed by atoms with E-state index in [2.05, 4.69) is 0 Å². The van der Waals surface area contributed by atoms with E-state index in [1.807, 2.05) is 0 Å². The standard InChI is InChI=1S/C18H24N2O7/c1-18(2,3)27-17(25)20-8-6-19(7-9-20)15(22)11-26-12-4-5-13(16(23)24)14(21)10-12/h4-5,10,21H,6-9,11H2,1-3H3,(H,23,24). The van der Waals surface area contributed by atoms with Crippen molar-refractivity contribution < 1.29 is 34.1 Å². The second-order valence-electron chi connectivity index (χ2n) is 7.12. The molecule has 0 spiro atoms. The van der Waals surface area contributed by atoms with E-state index < -0.39 is 23.4 Å². The minimum absolute atomic E-state index is 0.193. The number of hydrogen-bond donors (Lipinski definition) is 2. The summed E-state index contributed by atoms with van der Waals surface area (Å²) in [7, 11) is 0. The highest BCUT2D eigenvalue weighted by Gasteiger charge is 2.27. The average molecular weight is 380 g/mol. The second-order valence-corrected chi connectivity index (χ2v) is 7.12. The summed E-state index contributed by atoms with van der Waals surface area (Å²) in [5.74, 6) is -1.75. The molecule has 2 amide bonds. The number of carbonyl (C=O) groups excluding carboxylic acids is 2. The summed E-state index contributed by atoms with van der Waals surface area (Å²) in [6.45, 7) is 6.60. The molecule has 1 aromatic carbocycles. The Balaban J connectivity index is 1.82. The molecule has 27 heavy (non-hydrogen) atoms. The first-order chi connectivity index (χ1) is 12.6. The number of piperazine rings is 1. The molecule has 9 heteroatoms. The number of amides is 2. The van der Waals surface area contributed by atoms with Gasteiger partial charge in [0.15, 0.2) is 6.61 Å². The van der Waals surface area contributed by atoms with Crippen LogP contribution in [0.1, 0.15) is 31.1 Å². The Labute approximate surface area is 157 Å². The van der Waals surface area contributed by atoms with Crippen molar-refractivity contribution in [2.45, 2.75) is 26.4 Å². The third kappa shape index (κ3) is 5.77. The molecule has 0 aliphatic carbocycles. The smallest absolute Gasteiger partial charge is 0.410 e. The topological polar surface area (TPSA) is 117 Å². The van der Waals surface area contributed by atoms with E-state index in [0.29, 0.717) is 26.2 Å². The van der Waals surface area contributed by atoms with Crippen LogP contribution in [0, 0.1) is 0 Å². The SMILES string of the molecule is CC(C)(C)OC(=O)N1CCN(C(=O)COc2ccc(C(=O)O)c(O)c2)CC1. The lowest BCUT2D eigenvalue weighted by atomic mass is 10.2. The number of carboxylic acid groups (broad SMARTS) is 1. The van der Waals surface area contributed by atoms with Crippen molar-refractivity contribution in [1.29, 1.82) is 0 Å². The Morgan fingerprint density at radius 3 is 2.19 bits per heavy atom. The first kappa shape index (κ1) is 20.3. The van der Waals surface area contributed by atoms with Gasteiger partial charge < -0.3 is 29.5 Å². The van der Waals surface area contributed by atoms with Crippen LogP contribution in [-0.4, -0.2) is 76.4 Å². The van der Waals surface area contributed by atoms with Gasteiger partial charge in [-0.2, -0.15) is 0 Å². The van der Waals surface area contributed by atoms with Crippen LogP contribution in [0.25, 0.3) is 0 Å². The lowest BCUT2D eigenvalue weighted by Crippen LogP contribution is -2.52. The predicted molar refractivity (Wildman–Crippen MR) is 94.9 cm³/mol. The van der Waals surface area contributed by atoms with Crippen molar-refractivity contribution >= 4 is 18.0 Å². The highest BCUT2D eigenvalue weighted by molar-refractivity contribution is 5.91. The molecule has 1 heterocycles. The molecule has 0 atom stereocenters. The number of benzene rings is 1. The van der Waals surface area contributed by atoms with Gasteiger partial charge in [-0.15, -0.1) is 0 Å². The summed E-state index contributed by atoms with van der Waals surface area (Å²) >= 11 is 0. The summed E-state index contributed by atoms with van der Waals surface area (Å²) in [6, 6.07) is 3.73. The number of aromatic hydroxyl groups is 1. The fourth-order valence-electron chi connectivity index (χ4n) is 2.48. The first-order valence-electron chi connectivity index (χ1n) is 8.51. The maximum atomic E-state index is 12.2. The van der Waals surface area contributed by atoms with Crippen LogP contribution in [0.2, 0.25) is 0 Å². The predicted octanol–water partition coefficient (Wildman–Crippen LogP) is 1.55. The van der Waals surface area contributed by atoms with E-state index in [1.54, 1.807) is 30.6 Å². The fraction of sp³-hybridized carbons (Fsp3) is 0.500. The molecule has 0 saturated carbocycles. The molecule has 2 N–H and O–H groups in total. The van der Waals surface area contributed by atoms with Gasteiger partial charge in [0.2, 0.25) is 0 Å². The van der Waals surface area contributed by atoms with Crippen LogP contribution >= 0.6 is 0 Å². The largest absolute Gasteiger partial charge is 0.507 e. The van der Waals surface area contributed by atoms with Crippen LogP contribution in [0.3, 0.4) is 0 Å². The normalized spacial score (nSPS) is 14.6. The van der Waals surface area contributed by atoms with E-state index in [-0.39, 0.29) is 23.8 Å². The number of aromatic carboxylic acids is 1. The molecular weight excluding hydrogens is 356 g/mol. The number of carbonyl (C=O) groups is 3. The van der Waals surface area contributed by atoms with Crippen LogP contribution in [0.15, 0.2) is 18.2 Å². The maximum absolute atomic E-state index is 12.2. The van der Waals surface area contributed by atoms with E-state index in [9.17, 15) is 19.5 Å². The summed E-state index contributed by atoms with van der Waals surface area (Å²) in [5, 5.41) is 18.5. The highest BCUT2D eigenvalue weighted by atomic mass is 16.6. The molecule has 9 nitrogen and oxygen atoms in total. The summed E-state index contributed by atoms with van der Waals surface area (Å²) in [6.07, 6.45) is -0.403. The van der Waals surface area contributed by atoms with E-state index >= 15 is 0 Å². The summed E-state index contributed by atoms with van der Waals surface area (Å²) in [4.78, 5) is 38.3. The van der Waals surface area contributed by atoms with Crippen molar-refractivity contribution in [1.82, 2.24) is 9.80 Å². The van der Waals surface area contributed by atoms with Crippen LogP contribution in [0.4, 0.5) is 4.79 Å². The number of hydrogen-bond acceptors (Lipinski definition) is 6. The highest BCUT2D eigenvalue weighted by Crippen LogP contribution is 2.23. The summed E-state index contributed by atoms with van der Waals surface area (Å²) < 4.78 is 10.6. The van der Waals surface area contributed by atoms with Gasteiger partial charge in [0.1, 0.15) is 22.7 Å². The third-order valence-corrected chi connectivity index (χ3v) is 3.85. The van der Waals surface area contributed by atoms with E-state index in [0.717, 1.165) is 6.07 Å². The van der Waals surface area contributed by atoms with Gasteiger partial charge in [0.05, 0.1) is 0 Å². The fourth-order valence-corrected chi connectivity index (χ4v) is 2.48. The van der Waals surface area contributed by atoms with Crippen LogP contribution < -0.4 is 4.74 Å². The molecule has 1 aromatic rings. The molecular formula is C18H24N2O7. The average Bonchev–Trinajstić information content (AvgIpc) is 2.58. The molecule has 0 bridgehead atoms. The molecule has 1 fully saturated rings. The second kappa shape index (κ2) is 8.15. The Bertz CT molecular complexity index is 719. The zero-order valence-corrected chi connectivity index (χ0v) is 15.6. The van der Waals surface area contributed by atoms with Gasteiger partial charge in [-0.05, 0) is 32.9 Å². The molecule has 148 valence electrons. The van der Waals surface area contributed by atoms with Gasteiger partial charge in [0.25, 0.3) is 5.91 Å². The van der Waals surface area contributed by atoms with Crippen LogP contribution in [0.5, 0.6) is 11.5 Å².